The van der Waals surface area contributed by atoms with Gasteiger partial charge in [0, 0.05) is 25.6 Å². The summed E-state index contributed by atoms with van der Waals surface area (Å²) in [6.07, 6.45) is 4.62. The van der Waals surface area contributed by atoms with Crippen molar-refractivity contribution in [2.45, 2.75) is 38.8 Å². The standard InChI is InChI=1S/C21H28N4O3/c1-2-22-21(23-11-10-18-7-4-12-27-18)24-14-16-5-3-6-19(13-16)28-15-20(26)25-17-8-9-17/h3-7,12-13,17H,2,8-11,14-15H2,1H3,(H,25,26)(H2,22,23,24). The van der Waals surface area contributed by atoms with E-state index < -0.39 is 0 Å². The maximum absolute atomic E-state index is 11.7. The summed E-state index contributed by atoms with van der Waals surface area (Å²) in [4.78, 5) is 16.4. The number of ether oxygens (including phenoxy) is 1. The SMILES string of the molecule is CCNC(=NCc1cccc(OCC(=O)NC2CC2)c1)NCCc1ccco1. The van der Waals surface area contributed by atoms with Gasteiger partial charge in [-0.05, 0) is 49.6 Å². The van der Waals surface area contributed by atoms with Gasteiger partial charge in [0.1, 0.15) is 11.5 Å². The molecule has 0 atom stereocenters. The van der Waals surface area contributed by atoms with Crippen molar-refractivity contribution in [3.63, 3.8) is 0 Å². The fraction of sp³-hybridized carbons (Fsp3) is 0.429. The number of nitrogens with zero attached hydrogens (tertiary/aromatic N) is 1. The minimum Gasteiger partial charge on any atom is -0.484 e. The Bertz CT molecular complexity index is 770. The highest BCUT2D eigenvalue weighted by molar-refractivity contribution is 5.79. The van der Waals surface area contributed by atoms with Crippen LogP contribution in [0.2, 0.25) is 0 Å². The molecule has 3 N–H and O–H groups in total. The van der Waals surface area contributed by atoms with Gasteiger partial charge in [-0.15, -0.1) is 0 Å². The summed E-state index contributed by atoms with van der Waals surface area (Å²) in [6, 6.07) is 11.9. The molecule has 7 nitrogen and oxygen atoms in total. The van der Waals surface area contributed by atoms with Crippen molar-refractivity contribution >= 4 is 11.9 Å². The van der Waals surface area contributed by atoms with Gasteiger partial charge in [0.15, 0.2) is 12.6 Å². The lowest BCUT2D eigenvalue weighted by atomic mass is 10.2. The Balaban J connectivity index is 1.47. The smallest absolute Gasteiger partial charge is 0.258 e. The van der Waals surface area contributed by atoms with Crippen LogP contribution < -0.4 is 20.7 Å². The van der Waals surface area contributed by atoms with E-state index in [2.05, 4.69) is 20.9 Å². The molecule has 2 aromatic rings. The molecule has 1 saturated carbocycles. The quantitative estimate of drug-likeness (QED) is 0.432. The van der Waals surface area contributed by atoms with Gasteiger partial charge in [0.2, 0.25) is 0 Å². The van der Waals surface area contributed by atoms with E-state index in [9.17, 15) is 4.79 Å². The molecule has 0 bridgehead atoms. The predicted octanol–water partition coefficient (Wildman–Crippen LogP) is 2.23. The fourth-order valence-electron chi connectivity index (χ4n) is 2.65. The van der Waals surface area contributed by atoms with Crippen LogP contribution in [0, 0.1) is 0 Å². The van der Waals surface area contributed by atoms with E-state index in [0.29, 0.717) is 18.3 Å². The lowest BCUT2D eigenvalue weighted by Gasteiger charge is -2.11. The highest BCUT2D eigenvalue weighted by atomic mass is 16.5. The molecule has 1 heterocycles. The monoisotopic (exact) mass is 384 g/mol. The van der Waals surface area contributed by atoms with Gasteiger partial charge < -0.3 is 25.1 Å². The number of rotatable bonds is 10. The highest BCUT2D eigenvalue weighted by Gasteiger charge is 2.23. The average molecular weight is 384 g/mol. The summed E-state index contributed by atoms with van der Waals surface area (Å²) < 4.78 is 10.9. The Morgan fingerprint density at radius 2 is 2.14 bits per heavy atom. The Kier molecular flexibility index (Phi) is 7.35. The molecule has 7 heteroatoms. The highest BCUT2D eigenvalue weighted by Crippen LogP contribution is 2.18. The Labute approximate surface area is 165 Å². The van der Waals surface area contributed by atoms with Crippen molar-refractivity contribution in [3.8, 4) is 5.75 Å². The van der Waals surface area contributed by atoms with Crippen LogP contribution in [0.4, 0.5) is 0 Å². The number of carbonyl (C=O) groups is 1. The van der Waals surface area contributed by atoms with E-state index in [1.807, 2.05) is 43.3 Å². The van der Waals surface area contributed by atoms with Gasteiger partial charge in [0.05, 0.1) is 12.8 Å². The second kappa shape index (κ2) is 10.4. The molecule has 0 aliphatic heterocycles. The van der Waals surface area contributed by atoms with Crippen molar-refractivity contribution in [2.75, 3.05) is 19.7 Å². The number of guanidine groups is 1. The third kappa shape index (κ3) is 6.98. The first kappa shape index (κ1) is 19.8. The Hall–Kier alpha value is -2.96. The molecule has 0 spiro atoms. The molecule has 1 aliphatic rings. The Morgan fingerprint density at radius 3 is 2.89 bits per heavy atom. The number of amides is 1. The third-order valence-electron chi connectivity index (χ3n) is 4.22. The molecule has 1 aromatic heterocycles. The number of hydrogen-bond donors (Lipinski definition) is 3. The molecular formula is C21H28N4O3. The van der Waals surface area contributed by atoms with E-state index in [4.69, 9.17) is 9.15 Å². The predicted molar refractivity (Wildman–Crippen MR) is 108 cm³/mol. The molecule has 1 amide bonds. The number of hydrogen-bond acceptors (Lipinski definition) is 4. The maximum atomic E-state index is 11.7. The number of aliphatic imine (C=N–C) groups is 1. The second-order valence-electron chi connectivity index (χ2n) is 6.73. The fourth-order valence-corrected chi connectivity index (χ4v) is 2.65. The van der Waals surface area contributed by atoms with Crippen molar-refractivity contribution < 1.29 is 13.9 Å². The first-order chi connectivity index (χ1) is 13.7. The summed E-state index contributed by atoms with van der Waals surface area (Å²) in [5.74, 6) is 2.30. The molecule has 1 aliphatic carbocycles. The minimum absolute atomic E-state index is 0.0419. The molecule has 0 unspecified atom stereocenters. The molecule has 0 saturated heterocycles. The van der Waals surface area contributed by atoms with Crippen molar-refractivity contribution in [2.24, 2.45) is 4.99 Å². The lowest BCUT2D eigenvalue weighted by molar-refractivity contribution is -0.123. The van der Waals surface area contributed by atoms with Crippen molar-refractivity contribution in [3.05, 3.63) is 54.0 Å². The minimum atomic E-state index is -0.0684. The van der Waals surface area contributed by atoms with Crippen LogP contribution in [-0.4, -0.2) is 37.6 Å². The molecule has 0 radical (unpaired) electrons. The molecule has 3 rings (SSSR count). The van der Waals surface area contributed by atoms with Gasteiger partial charge >= 0.3 is 0 Å². The number of furan rings is 1. The zero-order valence-electron chi connectivity index (χ0n) is 16.2. The molecule has 150 valence electrons. The largest absolute Gasteiger partial charge is 0.484 e. The number of nitrogens with one attached hydrogen (secondary N) is 3. The maximum Gasteiger partial charge on any atom is 0.258 e. The first-order valence-corrected chi connectivity index (χ1v) is 9.78. The first-order valence-electron chi connectivity index (χ1n) is 9.78. The van der Waals surface area contributed by atoms with E-state index in [-0.39, 0.29) is 12.5 Å². The summed E-state index contributed by atoms with van der Waals surface area (Å²) in [5, 5.41) is 9.45. The van der Waals surface area contributed by atoms with Gasteiger partial charge in [-0.1, -0.05) is 12.1 Å². The van der Waals surface area contributed by atoms with Crippen molar-refractivity contribution in [1.29, 1.82) is 0 Å². The summed E-state index contributed by atoms with van der Waals surface area (Å²) in [5.41, 5.74) is 1.02. The third-order valence-corrected chi connectivity index (χ3v) is 4.22. The van der Waals surface area contributed by atoms with E-state index in [1.165, 1.54) is 0 Å². The number of benzene rings is 1. The zero-order valence-corrected chi connectivity index (χ0v) is 16.2. The topological polar surface area (TPSA) is 87.9 Å². The van der Waals surface area contributed by atoms with Crippen LogP contribution in [0.15, 0.2) is 52.1 Å². The van der Waals surface area contributed by atoms with Gasteiger partial charge in [-0.3, -0.25) is 4.79 Å². The van der Waals surface area contributed by atoms with E-state index in [1.54, 1.807) is 6.26 Å². The van der Waals surface area contributed by atoms with Crippen LogP contribution >= 0.6 is 0 Å². The second-order valence-corrected chi connectivity index (χ2v) is 6.73. The van der Waals surface area contributed by atoms with E-state index >= 15 is 0 Å². The molecule has 1 aromatic carbocycles. The van der Waals surface area contributed by atoms with Crippen LogP contribution in [0.5, 0.6) is 5.75 Å². The summed E-state index contributed by atoms with van der Waals surface area (Å²) >= 11 is 0. The molecule has 28 heavy (non-hydrogen) atoms. The summed E-state index contributed by atoms with van der Waals surface area (Å²) in [7, 11) is 0. The van der Waals surface area contributed by atoms with Crippen LogP contribution in [-0.2, 0) is 17.8 Å². The average Bonchev–Trinajstić information content (AvgIpc) is 3.36. The number of carbonyl (C=O) groups excluding carboxylic acids is 1. The van der Waals surface area contributed by atoms with Crippen LogP contribution in [0.25, 0.3) is 0 Å². The van der Waals surface area contributed by atoms with E-state index in [0.717, 1.165) is 49.6 Å². The lowest BCUT2D eigenvalue weighted by Crippen LogP contribution is -2.38. The normalized spacial score (nSPS) is 13.8. The van der Waals surface area contributed by atoms with Crippen LogP contribution in [0.1, 0.15) is 31.1 Å². The molecule has 1 fully saturated rings. The summed E-state index contributed by atoms with van der Waals surface area (Å²) in [6.45, 7) is 4.11. The van der Waals surface area contributed by atoms with Gasteiger partial charge in [0.25, 0.3) is 5.91 Å². The van der Waals surface area contributed by atoms with Gasteiger partial charge in [-0.2, -0.15) is 0 Å². The zero-order chi connectivity index (χ0) is 19.6. The molecular weight excluding hydrogens is 356 g/mol. The van der Waals surface area contributed by atoms with Crippen LogP contribution in [0.3, 0.4) is 0 Å². The Morgan fingerprint density at radius 1 is 1.25 bits per heavy atom. The van der Waals surface area contributed by atoms with Crippen molar-refractivity contribution in [1.82, 2.24) is 16.0 Å². The van der Waals surface area contributed by atoms with Gasteiger partial charge in [-0.25, -0.2) is 4.99 Å².